The van der Waals surface area contributed by atoms with Crippen LogP contribution in [0.4, 0.5) is 0 Å². The molecule has 3 rings (SSSR count). The van der Waals surface area contributed by atoms with Crippen molar-refractivity contribution in [3.8, 4) is 0 Å². The molecule has 0 bridgehead atoms. The second-order valence-corrected chi connectivity index (χ2v) is 7.68. The van der Waals surface area contributed by atoms with Crippen molar-refractivity contribution in [2.75, 3.05) is 6.54 Å². The molecule has 0 fully saturated rings. The first-order valence-corrected chi connectivity index (χ1v) is 10.3. The number of amides is 1. The van der Waals surface area contributed by atoms with Gasteiger partial charge in [-0.25, -0.2) is 4.98 Å². The molecule has 0 saturated carbocycles. The molecule has 1 aromatic heterocycles. The summed E-state index contributed by atoms with van der Waals surface area (Å²) < 4.78 is 2.06. The Balaban J connectivity index is 1.51. The first kappa shape index (κ1) is 21.1. The molecule has 6 heteroatoms. The molecule has 5 nitrogen and oxygen atoms in total. The van der Waals surface area contributed by atoms with Crippen molar-refractivity contribution in [1.29, 1.82) is 0 Å². The molecule has 0 aliphatic carbocycles. The number of nitrogens with zero attached hydrogens (tertiary/aromatic N) is 2. The lowest BCUT2D eigenvalue weighted by Gasteiger charge is -2.15. The van der Waals surface area contributed by atoms with Crippen LogP contribution in [-0.2, 0) is 11.2 Å². The van der Waals surface area contributed by atoms with Crippen molar-refractivity contribution in [2.24, 2.45) is 0 Å². The SMILES string of the molecule is CC(=O)C(C)n1c(CCCCCNC(=O)c2ccc(Cl)cc2)nc2ccccc21. The molecule has 1 heterocycles. The number of fused-ring (bicyclic) bond motifs is 1. The maximum atomic E-state index is 12.1. The van der Waals surface area contributed by atoms with E-state index in [9.17, 15) is 9.59 Å². The number of carbonyl (C=O) groups is 2. The van der Waals surface area contributed by atoms with Gasteiger partial charge < -0.3 is 9.88 Å². The van der Waals surface area contributed by atoms with Crippen LogP contribution in [0.1, 0.15) is 55.3 Å². The van der Waals surface area contributed by atoms with Gasteiger partial charge in [0.1, 0.15) is 5.82 Å². The van der Waals surface area contributed by atoms with E-state index in [-0.39, 0.29) is 17.7 Å². The van der Waals surface area contributed by atoms with Crippen molar-refractivity contribution in [3.63, 3.8) is 0 Å². The number of hydrogen-bond acceptors (Lipinski definition) is 3. The molecule has 0 spiro atoms. The van der Waals surface area contributed by atoms with Gasteiger partial charge in [-0.15, -0.1) is 0 Å². The molecule has 29 heavy (non-hydrogen) atoms. The average molecular weight is 412 g/mol. The van der Waals surface area contributed by atoms with Crippen molar-refractivity contribution < 1.29 is 9.59 Å². The van der Waals surface area contributed by atoms with Gasteiger partial charge in [-0.2, -0.15) is 0 Å². The van der Waals surface area contributed by atoms with Crippen molar-refractivity contribution >= 4 is 34.3 Å². The Bertz CT molecular complexity index is 995. The maximum Gasteiger partial charge on any atom is 0.251 e. The summed E-state index contributed by atoms with van der Waals surface area (Å²) in [5.74, 6) is 0.983. The molecule has 0 radical (unpaired) electrons. The van der Waals surface area contributed by atoms with E-state index in [1.54, 1.807) is 31.2 Å². The van der Waals surface area contributed by atoms with Crippen LogP contribution < -0.4 is 5.32 Å². The Labute approximate surface area is 176 Å². The fourth-order valence-corrected chi connectivity index (χ4v) is 3.50. The number of ketones is 1. The number of halogens is 1. The quantitative estimate of drug-likeness (QED) is 0.505. The number of imidazole rings is 1. The van der Waals surface area contributed by atoms with E-state index in [0.717, 1.165) is 42.5 Å². The number of carbonyl (C=O) groups excluding carboxylic acids is 2. The minimum Gasteiger partial charge on any atom is -0.352 e. The molecule has 1 atom stereocenters. The average Bonchev–Trinajstić information content (AvgIpc) is 3.08. The first-order chi connectivity index (χ1) is 14.0. The molecule has 1 N–H and O–H groups in total. The Morgan fingerprint density at radius 1 is 1.07 bits per heavy atom. The summed E-state index contributed by atoms with van der Waals surface area (Å²) in [6.07, 6.45) is 3.61. The van der Waals surface area contributed by atoms with E-state index < -0.39 is 0 Å². The standard InChI is InChI=1S/C23H26ClN3O2/c1-16(17(2)28)27-21-9-6-5-8-20(21)26-22(27)10-4-3-7-15-25-23(29)18-11-13-19(24)14-12-18/h5-6,8-9,11-14,16H,3-4,7,10,15H2,1-2H3,(H,25,29). The third-order valence-corrected chi connectivity index (χ3v) is 5.37. The normalized spacial score (nSPS) is 12.1. The summed E-state index contributed by atoms with van der Waals surface area (Å²) in [6.45, 7) is 4.17. The Morgan fingerprint density at radius 2 is 1.79 bits per heavy atom. The number of benzene rings is 2. The number of Topliss-reactive ketones (excluding diaryl/α,β-unsaturated/α-hetero) is 1. The van der Waals surface area contributed by atoms with E-state index in [2.05, 4.69) is 9.88 Å². The summed E-state index contributed by atoms with van der Waals surface area (Å²) in [6, 6.07) is 14.6. The fraction of sp³-hybridized carbons (Fsp3) is 0.348. The molecular formula is C23H26ClN3O2. The zero-order chi connectivity index (χ0) is 20.8. The summed E-state index contributed by atoms with van der Waals surface area (Å²) in [5.41, 5.74) is 2.53. The molecule has 152 valence electrons. The Kier molecular flexibility index (Phi) is 7.04. The number of para-hydroxylation sites is 2. The van der Waals surface area contributed by atoms with Gasteiger partial charge in [-0.1, -0.05) is 30.2 Å². The van der Waals surface area contributed by atoms with Gasteiger partial charge in [0.2, 0.25) is 0 Å². The third kappa shape index (κ3) is 5.24. The second kappa shape index (κ2) is 9.70. The highest BCUT2D eigenvalue weighted by molar-refractivity contribution is 6.30. The molecule has 2 aromatic carbocycles. The maximum absolute atomic E-state index is 12.1. The highest BCUT2D eigenvalue weighted by atomic mass is 35.5. The highest BCUT2D eigenvalue weighted by Crippen LogP contribution is 2.23. The fourth-order valence-electron chi connectivity index (χ4n) is 3.37. The van der Waals surface area contributed by atoms with Crippen LogP contribution in [0.2, 0.25) is 5.02 Å². The Hall–Kier alpha value is -2.66. The van der Waals surface area contributed by atoms with Gasteiger partial charge in [0.15, 0.2) is 5.78 Å². The third-order valence-electron chi connectivity index (χ3n) is 5.11. The van der Waals surface area contributed by atoms with Crippen LogP contribution in [0.25, 0.3) is 11.0 Å². The lowest BCUT2D eigenvalue weighted by molar-refractivity contribution is -0.119. The topological polar surface area (TPSA) is 64.0 Å². The summed E-state index contributed by atoms with van der Waals surface area (Å²) in [5, 5.41) is 3.55. The molecule has 3 aromatic rings. The van der Waals surface area contributed by atoms with Crippen molar-refractivity contribution in [2.45, 2.75) is 45.6 Å². The van der Waals surface area contributed by atoms with Crippen LogP contribution in [0.5, 0.6) is 0 Å². The number of unbranched alkanes of at least 4 members (excludes halogenated alkanes) is 2. The van der Waals surface area contributed by atoms with Crippen LogP contribution in [0, 0.1) is 0 Å². The lowest BCUT2D eigenvalue weighted by atomic mass is 10.1. The van der Waals surface area contributed by atoms with Crippen LogP contribution in [-0.4, -0.2) is 27.8 Å². The molecule has 1 amide bonds. The minimum atomic E-state index is -0.226. The van der Waals surface area contributed by atoms with Crippen LogP contribution in [0.3, 0.4) is 0 Å². The first-order valence-electron chi connectivity index (χ1n) is 9.97. The number of nitrogens with one attached hydrogen (secondary N) is 1. The van der Waals surface area contributed by atoms with E-state index in [1.807, 2.05) is 31.2 Å². The second-order valence-electron chi connectivity index (χ2n) is 7.25. The minimum absolute atomic E-state index is 0.0845. The number of aryl methyl sites for hydroxylation is 1. The van der Waals surface area contributed by atoms with Crippen LogP contribution in [0.15, 0.2) is 48.5 Å². The molecule has 0 aliphatic rings. The predicted octanol–water partition coefficient (Wildman–Crippen LogP) is 4.98. The van der Waals surface area contributed by atoms with Crippen molar-refractivity contribution in [1.82, 2.24) is 14.9 Å². The predicted molar refractivity (Wildman–Crippen MR) is 116 cm³/mol. The molecule has 0 aliphatic heterocycles. The molecule has 0 saturated heterocycles. The van der Waals surface area contributed by atoms with Gasteiger partial charge in [0.25, 0.3) is 5.91 Å². The van der Waals surface area contributed by atoms with E-state index >= 15 is 0 Å². The number of rotatable bonds is 9. The number of aromatic nitrogens is 2. The molecular weight excluding hydrogens is 386 g/mol. The van der Waals surface area contributed by atoms with E-state index in [1.165, 1.54) is 0 Å². The van der Waals surface area contributed by atoms with Crippen LogP contribution >= 0.6 is 11.6 Å². The van der Waals surface area contributed by atoms with Gasteiger partial charge in [0, 0.05) is 23.6 Å². The Morgan fingerprint density at radius 3 is 2.52 bits per heavy atom. The number of hydrogen-bond donors (Lipinski definition) is 1. The molecule has 1 unspecified atom stereocenters. The summed E-state index contributed by atoms with van der Waals surface area (Å²) in [4.78, 5) is 28.8. The van der Waals surface area contributed by atoms with E-state index in [4.69, 9.17) is 16.6 Å². The smallest absolute Gasteiger partial charge is 0.251 e. The monoisotopic (exact) mass is 411 g/mol. The lowest BCUT2D eigenvalue weighted by Crippen LogP contribution is -2.24. The van der Waals surface area contributed by atoms with Gasteiger partial charge in [-0.3, -0.25) is 9.59 Å². The summed E-state index contributed by atoms with van der Waals surface area (Å²) >= 11 is 5.84. The zero-order valence-corrected chi connectivity index (χ0v) is 17.6. The zero-order valence-electron chi connectivity index (χ0n) is 16.8. The van der Waals surface area contributed by atoms with Gasteiger partial charge in [-0.05, 0) is 63.1 Å². The van der Waals surface area contributed by atoms with Crippen molar-refractivity contribution in [3.05, 3.63) is 64.9 Å². The summed E-state index contributed by atoms with van der Waals surface area (Å²) in [7, 11) is 0. The van der Waals surface area contributed by atoms with Gasteiger partial charge in [0.05, 0.1) is 17.1 Å². The van der Waals surface area contributed by atoms with Gasteiger partial charge >= 0.3 is 0 Å². The van der Waals surface area contributed by atoms with E-state index in [0.29, 0.717) is 17.1 Å². The highest BCUT2D eigenvalue weighted by Gasteiger charge is 2.18. The largest absolute Gasteiger partial charge is 0.352 e.